The van der Waals surface area contributed by atoms with Gasteiger partial charge in [-0.15, -0.1) is 0 Å². The molecule has 0 bridgehead atoms. The van der Waals surface area contributed by atoms with Crippen molar-refractivity contribution in [1.82, 2.24) is 9.78 Å². The van der Waals surface area contributed by atoms with Gasteiger partial charge in [-0.25, -0.2) is 9.58 Å². The number of para-hydroxylation sites is 1. The molecule has 2 aromatic heterocycles. The van der Waals surface area contributed by atoms with Gasteiger partial charge in [0, 0.05) is 17.3 Å². The highest BCUT2D eigenvalue weighted by molar-refractivity contribution is 6.53. The van der Waals surface area contributed by atoms with Crippen molar-refractivity contribution in [2.24, 2.45) is 0 Å². The second-order valence-corrected chi connectivity index (χ2v) is 8.77. The Hall–Kier alpha value is -4.52. The Labute approximate surface area is 208 Å². The molecule has 0 saturated carbocycles. The molecule has 7 heteroatoms. The molecule has 180 valence electrons. The number of H-pyrrole nitrogens is 1. The summed E-state index contributed by atoms with van der Waals surface area (Å²) in [7, 11) is 0. The van der Waals surface area contributed by atoms with Crippen LogP contribution >= 0.6 is 0 Å². The fourth-order valence-electron chi connectivity index (χ4n) is 4.54. The van der Waals surface area contributed by atoms with Crippen LogP contribution in [0.25, 0.3) is 17.0 Å². The molecule has 1 aliphatic rings. The van der Waals surface area contributed by atoms with Crippen molar-refractivity contribution in [3.8, 4) is 5.69 Å². The van der Waals surface area contributed by atoms with Crippen molar-refractivity contribution >= 4 is 28.8 Å². The summed E-state index contributed by atoms with van der Waals surface area (Å²) in [6.07, 6.45) is 4.82. The molecule has 36 heavy (non-hydrogen) atoms. The van der Waals surface area contributed by atoms with Gasteiger partial charge in [0.05, 0.1) is 16.9 Å². The van der Waals surface area contributed by atoms with Gasteiger partial charge in [0.25, 0.3) is 17.2 Å². The summed E-state index contributed by atoms with van der Waals surface area (Å²) in [5.41, 5.74) is 3.85. The lowest BCUT2D eigenvalue weighted by Gasteiger charge is -2.14. The van der Waals surface area contributed by atoms with Crippen molar-refractivity contribution in [3.05, 3.63) is 112 Å². The van der Waals surface area contributed by atoms with Gasteiger partial charge in [-0.2, -0.15) is 4.57 Å². The summed E-state index contributed by atoms with van der Waals surface area (Å²) in [4.78, 5) is 42.8. The number of carbonyl (C=O) groups is 2. The molecular weight excluding hydrogens is 452 g/mol. The number of hydrogen-bond donors (Lipinski definition) is 1. The normalized spacial score (nSPS) is 13.7. The van der Waals surface area contributed by atoms with Gasteiger partial charge in [0.1, 0.15) is 5.57 Å². The summed E-state index contributed by atoms with van der Waals surface area (Å²) < 4.78 is 3.10. The summed E-state index contributed by atoms with van der Waals surface area (Å²) in [6, 6.07) is 20.2. The smallest absolute Gasteiger partial charge is 0.294 e. The molecule has 5 rings (SSSR count). The lowest BCUT2D eigenvalue weighted by Crippen LogP contribution is -2.40. The number of benzene rings is 2. The molecular formula is C29H27N4O3+. The molecule has 1 N–H and O–H groups in total. The minimum absolute atomic E-state index is 0.103. The average molecular weight is 480 g/mol. The third-order valence-electron chi connectivity index (χ3n) is 6.46. The van der Waals surface area contributed by atoms with Crippen LogP contribution in [0.5, 0.6) is 0 Å². The largest absolute Gasteiger partial charge is 0.331 e. The van der Waals surface area contributed by atoms with Gasteiger partial charge in [-0.1, -0.05) is 49.7 Å². The van der Waals surface area contributed by atoms with Crippen LogP contribution in [0.4, 0.5) is 5.69 Å². The van der Waals surface area contributed by atoms with Crippen LogP contribution < -0.4 is 15.0 Å². The fraction of sp³-hybridized carbons (Fsp3) is 0.172. The van der Waals surface area contributed by atoms with Crippen LogP contribution in [0.3, 0.4) is 0 Å². The number of carbonyl (C=O) groups excluding carboxylic acids is 2. The number of aryl methyl sites for hydroxylation is 3. The van der Waals surface area contributed by atoms with Crippen molar-refractivity contribution < 1.29 is 14.2 Å². The topological polar surface area (TPSA) is 79.1 Å². The lowest BCUT2D eigenvalue weighted by atomic mass is 10.0. The second kappa shape index (κ2) is 9.26. The van der Waals surface area contributed by atoms with E-state index >= 15 is 0 Å². The van der Waals surface area contributed by atoms with Gasteiger partial charge in [0.2, 0.25) is 0 Å². The van der Waals surface area contributed by atoms with Crippen LogP contribution in [0.2, 0.25) is 0 Å². The number of pyridine rings is 1. The van der Waals surface area contributed by atoms with Crippen LogP contribution in [0, 0.1) is 6.92 Å². The first-order chi connectivity index (χ1) is 17.4. The molecule has 3 heterocycles. The molecule has 1 aliphatic heterocycles. The quantitative estimate of drug-likeness (QED) is 0.337. The first-order valence-electron chi connectivity index (χ1n) is 12.0. The summed E-state index contributed by atoms with van der Waals surface area (Å²) in [5, 5.41) is 3.16. The Kier molecular flexibility index (Phi) is 5.98. The Morgan fingerprint density at radius 3 is 2.19 bits per heavy atom. The van der Waals surface area contributed by atoms with E-state index in [1.165, 1.54) is 4.68 Å². The first-order valence-corrected chi connectivity index (χ1v) is 12.0. The van der Waals surface area contributed by atoms with Gasteiger partial charge < -0.3 is 0 Å². The zero-order valence-electron chi connectivity index (χ0n) is 20.5. The Bertz CT molecular complexity index is 1560. The minimum atomic E-state index is -0.515. The van der Waals surface area contributed by atoms with Gasteiger partial charge in [0.15, 0.2) is 12.4 Å². The number of anilines is 1. The number of aromatic nitrogens is 3. The highest BCUT2D eigenvalue weighted by Gasteiger charge is 2.48. The fourth-order valence-corrected chi connectivity index (χ4v) is 4.54. The van der Waals surface area contributed by atoms with Crippen molar-refractivity contribution in [2.75, 3.05) is 4.90 Å². The van der Waals surface area contributed by atoms with Gasteiger partial charge >= 0.3 is 5.91 Å². The molecule has 0 aliphatic carbocycles. The SMILES string of the molecule is CCc1ccc[n+](C2=C(c3c(CC)[nH]n(-c4ccccc4)c3=O)C(=O)N(c3ccc(C)cc3)C2=O)c1. The maximum absolute atomic E-state index is 14.0. The van der Waals surface area contributed by atoms with Crippen LogP contribution in [0.1, 0.15) is 36.2 Å². The zero-order valence-corrected chi connectivity index (χ0v) is 20.5. The molecule has 0 spiro atoms. The van der Waals surface area contributed by atoms with E-state index < -0.39 is 11.8 Å². The molecule has 0 radical (unpaired) electrons. The monoisotopic (exact) mass is 479 g/mol. The number of imide groups is 1. The van der Waals surface area contributed by atoms with E-state index in [1.807, 2.05) is 81.6 Å². The average Bonchev–Trinajstić information content (AvgIpc) is 3.37. The lowest BCUT2D eigenvalue weighted by molar-refractivity contribution is -0.577. The number of rotatable bonds is 6. The van der Waals surface area contributed by atoms with E-state index in [-0.39, 0.29) is 22.4 Å². The number of amides is 2. The van der Waals surface area contributed by atoms with E-state index in [0.717, 1.165) is 22.4 Å². The number of aromatic amines is 1. The Morgan fingerprint density at radius 2 is 1.53 bits per heavy atom. The highest BCUT2D eigenvalue weighted by atomic mass is 16.2. The van der Waals surface area contributed by atoms with E-state index in [9.17, 15) is 14.4 Å². The summed E-state index contributed by atoms with van der Waals surface area (Å²) in [5.74, 6) is -0.981. The standard InChI is InChI=1S/C29H26N4O3/c1-4-20-10-9-17-31(18-20)26-25(27(34)32(29(26)36)21-15-13-19(3)14-16-21)24-23(5-2)30-33(28(24)35)22-11-7-6-8-12-22/h6-18H,4-5H2,1-3H3/p+1. The molecule has 4 aromatic rings. The van der Waals surface area contributed by atoms with Crippen LogP contribution in [-0.4, -0.2) is 21.6 Å². The predicted molar refractivity (Wildman–Crippen MR) is 139 cm³/mol. The van der Waals surface area contributed by atoms with E-state index in [1.54, 1.807) is 22.9 Å². The molecule has 2 aromatic carbocycles. The maximum atomic E-state index is 14.0. The minimum Gasteiger partial charge on any atom is -0.294 e. The van der Waals surface area contributed by atoms with Crippen molar-refractivity contribution in [2.45, 2.75) is 33.6 Å². The number of nitrogens with one attached hydrogen (secondary N) is 1. The maximum Gasteiger partial charge on any atom is 0.331 e. The molecule has 2 amide bonds. The molecule has 7 nitrogen and oxygen atoms in total. The first kappa shape index (κ1) is 23.2. The Balaban J connectivity index is 1.78. The summed E-state index contributed by atoms with van der Waals surface area (Å²) in [6.45, 7) is 5.88. The molecule has 0 atom stereocenters. The van der Waals surface area contributed by atoms with Crippen molar-refractivity contribution in [3.63, 3.8) is 0 Å². The van der Waals surface area contributed by atoms with Gasteiger partial charge in [-0.05, 0) is 50.1 Å². The van der Waals surface area contributed by atoms with Crippen molar-refractivity contribution in [1.29, 1.82) is 0 Å². The molecule has 0 fully saturated rings. The third-order valence-corrected chi connectivity index (χ3v) is 6.46. The predicted octanol–water partition coefficient (Wildman–Crippen LogP) is 3.83. The van der Waals surface area contributed by atoms with E-state index in [0.29, 0.717) is 23.5 Å². The molecule has 0 saturated heterocycles. The third kappa shape index (κ3) is 3.79. The van der Waals surface area contributed by atoms with Crippen LogP contribution in [0.15, 0.2) is 83.9 Å². The Morgan fingerprint density at radius 1 is 0.806 bits per heavy atom. The zero-order chi connectivity index (χ0) is 25.4. The van der Waals surface area contributed by atoms with Crippen LogP contribution in [-0.2, 0) is 22.4 Å². The summed E-state index contributed by atoms with van der Waals surface area (Å²) >= 11 is 0. The second-order valence-electron chi connectivity index (χ2n) is 8.77. The van der Waals surface area contributed by atoms with E-state index in [4.69, 9.17) is 0 Å². The van der Waals surface area contributed by atoms with Gasteiger partial charge in [-0.3, -0.25) is 19.5 Å². The highest BCUT2D eigenvalue weighted by Crippen LogP contribution is 2.33. The number of hydrogen-bond acceptors (Lipinski definition) is 3. The van der Waals surface area contributed by atoms with E-state index in [2.05, 4.69) is 5.10 Å². The number of nitrogens with zero attached hydrogens (tertiary/aromatic N) is 3. The molecule has 0 unspecified atom stereocenters.